The van der Waals surface area contributed by atoms with Crippen molar-refractivity contribution in [3.05, 3.63) is 119 Å². The molecule has 0 aliphatic carbocycles. The van der Waals surface area contributed by atoms with Crippen molar-refractivity contribution in [3.8, 4) is 22.8 Å². The first kappa shape index (κ1) is 42.5. The number of primary amides is 1. The Morgan fingerprint density at radius 3 is 2.21 bits per heavy atom. The van der Waals surface area contributed by atoms with Gasteiger partial charge in [-0.3, -0.25) is 39.0 Å². The quantitative estimate of drug-likeness (QED) is 0.131. The number of fused-ring (bicyclic) bond motifs is 3. The van der Waals surface area contributed by atoms with Gasteiger partial charge in [0, 0.05) is 68.5 Å². The summed E-state index contributed by atoms with van der Waals surface area (Å²) in [6.45, 7) is 4.18. The van der Waals surface area contributed by atoms with E-state index in [0.717, 1.165) is 61.8 Å². The van der Waals surface area contributed by atoms with Crippen LogP contribution in [0.3, 0.4) is 0 Å². The summed E-state index contributed by atoms with van der Waals surface area (Å²) in [5, 5.41) is 13.6. The lowest BCUT2D eigenvalue weighted by Crippen LogP contribution is -2.54. The van der Waals surface area contributed by atoms with Crippen molar-refractivity contribution in [1.82, 2.24) is 30.2 Å². The maximum atomic E-state index is 15.5. The van der Waals surface area contributed by atoms with E-state index in [-0.39, 0.29) is 47.2 Å². The molecule has 5 aliphatic rings. The van der Waals surface area contributed by atoms with E-state index < -0.39 is 41.4 Å². The summed E-state index contributed by atoms with van der Waals surface area (Å²) >= 11 is 0. The fraction of sp³-hybridized carbons (Fsp3) is 0.327. The fourth-order valence-corrected chi connectivity index (χ4v) is 9.87. The number of halogens is 1. The molecule has 3 fully saturated rings. The summed E-state index contributed by atoms with van der Waals surface area (Å²) in [6.07, 6.45) is 3.87. The summed E-state index contributed by atoms with van der Waals surface area (Å²) in [5.74, 6) is -1.75. The van der Waals surface area contributed by atoms with E-state index in [9.17, 15) is 28.8 Å². The zero-order valence-electron chi connectivity index (χ0n) is 36.1. The number of nitrogens with one attached hydrogen (secondary N) is 3. The van der Waals surface area contributed by atoms with E-state index in [2.05, 4.69) is 20.9 Å². The molecule has 16 nitrogen and oxygen atoms in total. The number of aromatic nitrogens is 2. The highest BCUT2D eigenvalue weighted by molar-refractivity contribution is 6.23. The van der Waals surface area contributed by atoms with Crippen molar-refractivity contribution in [2.75, 3.05) is 42.9 Å². The van der Waals surface area contributed by atoms with E-state index in [1.54, 1.807) is 4.68 Å². The number of carbonyl (C=O) groups is 6. The minimum absolute atomic E-state index is 0.000547. The summed E-state index contributed by atoms with van der Waals surface area (Å²) < 4.78 is 23.2. The molecule has 0 radical (unpaired) electrons. The number of piperidine rings is 3. The summed E-state index contributed by atoms with van der Waals surface area (Å²) in [6, 6.07) is 23.8. The molecule has 1 atom stereocenters. The molecule has 0 saturated carbocycles. The Balaban J connectivity index is 0.722. The minimum Gasteiger partial charge on any atom is -0.457 e. The van der Waals surface area contributed by atoms with E-state index in [0.29, 0.717) is 71.8 Å². The van der Waals surface area contributed by atoms with Crippen LogP contribution in [0.15, 0.2) is 84.9 Å². The van der Waals surface area contributed by atoms with Gasteiger partial charge < -0.3 is 30.9 Å². The van der Waals surface area contributed by atoms with Crippen LogP contribution < -0.4 is 31.3 Å². The maximum Gasteiger partial charge on any atom is 0.262 e. The number of likely N-dealkylation sites (tertiary alicyclic amines) is 1. The van der Waals surface area contributed by atoms with Gasteiger partial charge in [-0.1, -0.05) is 24.3 Å². The second kappa shape index (κ2) is 17.5. The molecule has 5 aliphatic heterocycles. The van der Waals surface area contributed by atoms with Crippen molar-refractivity contribution in [1.29, 1.82) is 0 Å². The Bertz CT molecular complexity index is 2780. The molecule has 66 heavy (non-hydrogen) atoms. The molecule has 6 heterocycles. The number of anilines is 3. The highest BCUT2D eigenvalue weighted by Gasteiger charge is 2.45. The lowest BCUT2D eigenvalue weighted by molar-refractivity contribution is -0.136. The zero-order valence-corrected chi connectivity index (χ0v) is 36.1. The molecule has 1 unspecified atom stereocenters. The van der Waals surface area contributed by atoms with Crippen LogP contribution in [-0.2, 0) is 22.6 Å². The minimum atomic E-state index is -1.11. The number of para-hydroxylation sites is 1. The topological polar surface area (TPSA) is 201 Å². The van der Waals surface area contributed by atoms with Gasteiger partial charge in [-0.25, -0.2) is 9.07 Å². The number of benzene rings is 4. The van der Waals surface area contributed by atoms with Crippen LogP contribution in [0.2, 0.25) is 0 Å². The molecule has 3 saturated heterocycles. The number of imide groups is 2. The standard InChI is InChI=1S/C49H48FN9O7/c50-37-25-35-36(49(65)59(48(35)64)39-12-13-41(60)54-47(39)63)26-40(37)57-21-14-28(15-22-57)27-56-19-17-32(18-20-56)52-46(62)31-7-6-29-16-23-58-45(53-38(29)24-31)42(44(51)61)43(55-58)30-8-10-34(11-9-30)66-33-4-2-1-3-5-33/h1-11,24-26,28,32,39,53H,12-23,27H2,(H2,51,61)(H,52,62)(H,54,60,63). The molecule has 5 N–H and O–H groups in total. The van der Waals surface area contributed by atoms with Gasteiger partial charge in [0.05, 0.1) is 16.8 Å². The third-order valence-corrected chi connectivity index (χ3v) is 13.4. The first-order chi connectivity index (χ1) is 32.0. The summed E-state index contributed by atoms with van der Waals surface area (Å²) in [7, 11) is 0. The molecule has 17 heteroatoms. The number of rotatable bonds is 10. The van der Waals surface area contributed by atoms with Crippen LogP contribution in [0.25, 0.3) is 11.3 Å². The maximum absolute atomic E-state index is 15.5. The summed E-state index contributed by atoms with van der Waals surface area (Å²) in [4.78, 5) is 82.4. The lowest BCUT2D eigenvalue weighted by atomic mass is 9.94. The van der Waals surface area contributed by atoms with Gasteiger partial charge in [0.25, 0.3) is 23.6 Å². The molecule has 1 aromatic heterocycles. The molecule has 4 aromatic carbocycles. The van der Waals surface area contributed by atoms with E-state index >= 15 is 4.39 Å². The summed E-state index contributed by atoms with van der Waals surface area (Å²) in [5.41, 5.74) is 9.84. The predicted molar refractivity (Wildman–Crippen MR) is 241 cm³/mol. The number of hydrogen-bond donors (Lipinski definition) is 4. The highest BCUT2D eigenvalue weighted by atomic mass is 19.1. The van der Waals surface area contributed by atoms with Crippen LogP contribution in [0.4, 0.5) is 21.6 Å². The SMILES string of the molecule is NC(=O)c1c(-c2ccc(Oc3ccccc3)cc2)nn2c1Nc1cc(C(=O)NC3CCN(CC4CCN(c5cc6c(cc5F)C(=O)N(C5CCC(=O)NC5=O)C6=O)CC4)CC3)ccc1CC2. The predicted octanol–water partition coefficient (Wildman–Crippen LogP) is 5.39. The van der Waals surface area contributed by atoms with Crippen LogP contribution in [0, 0.1) is 11.7 Å². The van der Waals surface area contributed by atoms with E-state index in [1.165, 1.54) is 6.07 Å². The van der Waals surface area contributed by atoms with Crippen LogP contribution in [0.1, 0.15) is 85.5 Å². The monoisotopic (exact) mass is 893 g/mol. The third kappa shape index (κ3) is 8.25. The molecule has 0 spiro atoms. The van der Waals surface area contributed by atoms with Gasteiger partial charge in [-0.15, -0.1) is 0 Å². The van der Waals surface area contributed by atoms with Crippen molar-refractivity contribution in [2.24, 2.45) is 11.7 Å². The Hall–Kier alpha value is -7.40. The first-order valence-corrected chi connectivity index (χ1v) is 22.4. The number of nitrogens with two attached hydrogens (primary N) is 1. The average Bonchev–Trinajstić information content (AvgIpc) is 3.72. The molecular weight excluding hydrogens is 846 g/mol. The van der Waals surface area contributed by atoms with Crippen molar-refractivity contribution >= 4 is 52.6 Å². The normalized spacial score (nSPS) is 19.1. The highest BCUT2D eigenvalue weighted by Crippen LogP contribution is 2.37. The van der Waals surface area contributed by atoms with Crippen molar-refractivity contribution in [2.45, 2.75) is 63.6 Å². The molecular formula is C49H48FN9O7. The lowest BCUT2D eigenvalue weighted by Gasteiger charge is -2.38. The van der Waals surface area contributed by atoms with E-state index in [1.807, 2.05) is 77.7 Å². The van der Waals surface area contributed by atoms with Gasteiger partial charge in [0.15, 0.2) is 0 Å². The molecule has 10 rings (SSSR count). The van der Waals surface area contributed by atoms with Crippen LogP contribution in [-0.4, -0.2) is 99.8 Å². The molecule has 6 amide bonds. The number of amides is 6. The zero-order chi connectivity index (χ0) is 45.6. The van der Waals surface area contributed by atoms with Gasteiger partial charge in [0.2, 0.25) is 11.8 Å². The van der Waals surface area contributed by atoms with E-state index in [4.69, 9.17) is 15.6 Å². The first-order valence-electron chi connectivity index (χ1n) is 22.4. The second-order valence-corrected chi connectivity index (χ2v) is 17.6. The van der Waals surface area contributed by atoms with Gasteiger partial charge >= 0.3 is 0 Å². The van der Waals surface area contributed by atoms with Crippen molar-refractivity contribution < 1.29 is 37.9 Å². The van der Waals surface area contributed by atoms with Gasteiger partial charge in [-0.05, 0) is 111 Å². The Morgan fingerprint density at radius 2 is 1.50 bits per heavy atom. The smallest absolute Gasteiger partial charge is 0.262 e. The van der Waals surface area contributed by atoms with Crippen LogP contribution >= 0.6 is 0 Å². The van der Waals surface area contributed by atoms with Crippen molar-refractivity contribution in [3.63, 3.8) is 0 Å². The fourth-order valence-electron chi connectivity index (χ4n) is 9.87. The van der Waals surface area contributed by atoms with Crippen LogP contribution in [0.5, 0.6) is 11.5 Å². The Morgan fingerprint density at radius 1 is 0.788 bits per heavy atom. The van der Waals surface area contributed by atoms with Gasteiger partial charge in [-0.2, -0.15) is 5.10 Å². The number of aryl methyl sites for hydroxylation is 2. The third-order valence-electron chi connectivity index (χ3n) is 13.4. The molecule has 338 valence electrons. The Labute approximate surface area is 379 Å². The number of nitrogens with zero attached hydrogens (tertiary/aromatic N) is 5. The molecule has 5 aromatic rings. The Kier molecular flexibility index (Phi) is 11.3. The second-order valence-electron chi connectivity index (χ2n) is 17.6. The average molecular weight is 894 g/mol. The molecule has 0 bridgehead atoms. The van der Waals surface area contributed by atoms with Gasteiger partial charge in [0.1, 0.15) is 40.4 Å². The largest absolute Gasteiger partial charge is 0.457 e. The number of carbonyl (C=O) groups excluding carboxylic acids is 6. The number of hydrogen-bond acceptors (Lipinski definition) is 11. The number of ether oxygens (including phenoxy) is 1.